The Hall–Kier alpha value is -4.68. The lowest BCUT2D eigenvalue weighted by Crippen LogP contribution is -2.28. The molecular formula is C37H26. The van der Waals surface area contributed by atoms with Crippen LogP contribution in [0.25, 0.3) is 33.4 Å². The van der Waals surface area contributed by atoms with Crippen molar-refractivity contribution in [3.63, 3.8) is 0 Å². The van der Waals surface area contributed by atoms with Gasteiger partial charge in [0.25, 0.3) is 0 Å². The van der Waals surface area contributed by atoms with Gasteiger partial charge in [0, 0.05) is 0 Å². The van der Waals surface area contributed by atoms with Gasteiger partial charge in [0.2, 0.25) is 0 Å². The number of rotatable bonds is 4. The third-order valence-electron chi connectivity index (χ3n) is 7.78. The SMILES string of the molecule is c1ccc(-c2ccc(-c3ccc4c(c3)-c3ccccc3C4(c3ccccc3)c3ccccc3)cc2)cc1. The van der Waals surface area contributed by atoms with E-state index in [1.807, 2.05) is 0 Å². The Morgan fingerprint density at radius 2 is 0.730 bits per heavy atom. The third-order valence-corrected chi connectivity index (χ3v) is 7.78. The van der Waals surface area contributed by atoms with Crippen LogP contribution in [-0.2, 0) is 5.41 Å². The summed E-state index contributed by atoms with van der Waals surface area (Å²) in [6.45, 7) is 0. The van der Waals surface area contributed by atoms with Crippen molar-refractivity contribution >= 4 is 0 Å². The Kier molecular flexibility index (Phi) is 5.11. The van der Waals surface area contributed by atoms with Crippen LogP contribution in [0.4, 0.5) is 0 Å². The molecule has 0 amide bonds. The topological polar surface area (TPSA) is 0 Å². The third kappa shape index (κ3) is 3.37. The maximum absolute atomic E-state index is 2.39. The smallest absolute Gasteiger partial charge is 0.0622 e. The highest BCUT2D eigenvalue weighted by atomic mass is 14.5. The van der Waals surface area contributed by atoms with Crippen LogP contribution in [0.15, 0.2) is 158 Å². The van der Waals surface area contributed by atoms with Gasteiger partial charge in [-0.3, -0.25) is 0 Å². The van der Waals surface area contributed by atoms with Crippen molar-refractivity contribution in [3.05, 3.63) is 180 Å². The lowest BCUT2D eigenvalue weighted by molar-refractivity contribution is 0.768. The molecular weight excluding hydrogens is 444 g/mol. The van der Waals surface area contributed by atoms with Crippen LogP contribution in [0, 0.1) is 0 Å². The summed E-state index contributed by atoms with van der Waals surface area (Å²) in [5.74, 6) is 0. The molecule has 37 heavy (non-hydrogen) atoms. The summed E-state index contributed by atoms with van der Waals surface area (Å²) in [5, 5.41) is 0. The fourth-order valence-corrected chi connectivity index (χ4v) is 6.11. The number of benzene rings is 6. The first-order chi connectivity index (χ1) is 18.4. The summed E-state index contributed by atoms with van der Waals surface area (Å²) in [4.78, 5) is 0. The Balaban J connectivity index is 1.43. The van der Waals surface area contributed by atoms with Gasteiger partial charge in [-0.25, -0.2) is 0 Å². The van der Waals surface area contributed by atoms with E-state index in [9.17, 15) is 0 Å². The fraction of sp³-hybridized carbons (Fsp3) is 0.0270. The second kappa shape index (κ2) is 8.76. The number of fused-ring (bicyclic) bond motifs is 3. The van der Waals surface area contributed by atoms with Crippen LogP contribution >= 0.6 is 0 Å². The van der Waals surface area contributed by atoms with Crippen molar-refractivity contribution in [1.29, 1.82) is 0 Å². The molecule has 0 atom stereocenters. The van der Waals surface area contributed by atoms with Crippen molar-refractivity contribution in [1.82, 2.24) is 0 Å². The monoisotopic (exact) mass is 470 g/mol. The van der Waals surface area contributed by atoms with E-state index in [1.165, 1.54) is 55.6 Å². The number of hydrogen-bond donors (Lipinski definition) is 0. The van der Waals surface area contributed by atoms with Gasteiger partial charge in [0.1, 0.15) is 0 Å². The van der Waals surface area contributed by atoms with Gasteiger partial charge in [-0.1, -0.05) is 152 Å². The fourth-order valence-electron chi connectivity index (χ4n) is 6.11. The maximum atomic E-state index is 2.39. The molecule has 0 aliphatic heterocycles. The van der Waals surface area contributed by atoms with Crippen molar-refractivity contribution in [3.8, 4) is 33.4 Å². The summed E-state index contributed by atoms with van der Waals surface area (Å²) in [6, 6.07) is 57.4. The van der Waals surface area contributed by atoms with E-state index in [1.54, 1.807) is 0 Å². The molecule has 0 bridgehead atoms. The predicted octanol–water partition coefficient (Wildman–Crippen LogP) is 9.38. The van der Waals surface area contributed by atoms with Crippen LogP contribution < -0.4 is 0 Å². The van der Waals surface area contributed by atoms with Gasteiger partial charge in [0.05, 0.1) is 5.41 Å². The molecule has 0 fully saturated rings. The van der Waals surface area contributed by atoms with Crippen molar-refractivity contribution in [2.45, 2.75) is 5.41 Å². The Labute approximate surface area is 218 Å². The first-order valence-electron chi connectivity index (χ1n) is 12.9. The highest BCUT2D eigenvalue weighted by Crippen LogP contribution is 2.56. The molecule has 0 saturated carbocycles. The second-order valence-electron chi connectivity index (χ2n) is 9.73. The highest BCUT2D eigenvalue weighted by molar-refractivity contribution is 5.89. The van der Waals surface area contributed by atoms with Gasteiger partial charge in [-0.15, -0.1) is 0 Å². The highest BCUT2D eigenvalue weighted by Gasteiger charge is 2.45. The average Bonchev–Trinajstić information content (AvgIpc) is 3.29. The standard InChI is InChI=1S/C37H26/c1-4-12-27(13-5-1)28-20-22-29(23-21-28)30-24-25-36-34(26-30)33-18-10-11-19-35(33)37(36,31-14-6-2-7-15-31)32-16-8-3-9-17-32/h1-26H. The maximum Gasteiger partial charge on any atom is 0.0713 e. The van der Waals surface area contributed by atoms with E-state index in [2.05, 4.69) is 158 Å². The Bertz CT molecular complexity index is 1640. The predicted molar refractivity (Wildman–Crippen MR) is 155 cm³/mol. The molecule has 0 heterocycles. The molecule has 0 aromatic heterocycles. The number of hydrogen-bond acceptors (Lipinski definition) is 0. The first kappa shape index (κ1) is 21.6. The van der Waals surface area contributed by atoms with E-state index in [0.29, 0.717) is 0 Å². The van der Waals surface area contributed by atoms with Crippen LogP contribution in [0.1, 0.15) is 22.3 Å². The molecule has 174 valence electrons. The largest absolute Gasteiger partial charge is 0.0713 e. The Morgan fingerprint density at radius 1 is 0.297 bits per heavy atom. The molecule has 6 aromatic rings. The second-order valence-corrected chi connectivity index (χ2v) is 9.73. The molecule has 1 aliphatic rings. The average molecular weight is 471 g/mol. The van der Waals surface area contributed by atoms with E-state index >= 15 is 0 Å². The minimum absolute atomic E-state index is 0.343. The summed E-state index contributed by atoms with van der Waals surface area (Å²) in [7, 11) is 0. The molecule has 0 unspecified atom stereocenters. The molecule has 0 nitrogen and oxygen atoms in total. The normalized spacial score (nSPS) is 13.1. The molecule has 1 aliphatic carbocycles. The molecule has 0 radical (unpaired) electrons. The summed E-state index contributed by atoms with van der Waals surface area (Å²) >= 11 is 0. The van der Waals surface area contributed by atoms with Crippen LogP contribution in [0.2, 0.25) is 0 Å². The molecule has 0 spiro atoms. The molecule has 0 N–H and O–H groups in total. The first-order valence-corrected chi connectivity index (χ1v) is 12.9. The van der Waals surface area contributed by atoms with Crippen LogP contribution in [-0.4, -0.2) is 0 Å². The van der Waals surface area contributed by atoms with Gasteiger partial charge in [0.15, 0.2) is 0 Å². The molecule has 0 heteroatoms. The van der Waals surface area contributed by atoms with E-state index < -0.39 is 0 Å². The molecule has 6 aromatic carbocycles. The summed E-state index contributed by atoms with van der Waals surface area (Å²) in [5.41, 5.74) is 12.5. The zero-order chi connectivity index (χ0) is 24.7. The lowest BCUT2D eigenvalue weighted by atomic mass is 9.67. The van der Waals surface area contributed by atoms with Crippen LogP contribution in [0.3, 0.4) is 0 Å². The zero-order valence-corrected chi connectivity index (χ0v) is 20.5. The van der Waals surface area contributed by atoms with E-state index in [0.717, 1.165) is 0 Å². The lowest BCUT2D eigenvalue weighted by Gasteiger charge is -2.33. The summed E-state index contributed by atoms with van der Waals surface area (Å²) in [6.07, 6.45) is 0. The molecule has 0 saturated heterocycles. The summed E-state index contributed by atoms with van der Waals surface area (Å²) < 4.78 is 0. The van der Waals surface area contributed by atoms with E-state index in [-0.39, 0.29) is 5.41 Å². The van der Waals surface area contributed by atoms with Crippen molar-refractivity contribution < 1.29 is 0 Å². The van der Waals surface area contributed by atoms with Gasteiger partial charge in [-0.05, 0) is 61.7 Å². The van der Waals surface area contributed by atoms with Gasteiger partial charge in [-0.2, -0.15) is 0 Å². The van der Waals surface area contributed by atoms with Gasteiger partial charge < -0.3 is 0 Å². The minimum Gasteiger partial charge on any atom is -0.0622 e. The zero-order valence-electron chi connectivity index (χ0n) is 20.5. The minimum atomic E-state index is -0.343. The van der Waals surface area contributed by atoms with Crippen LogP contribution in [0.5, 0.6) is 0 Å². The Morgan fingerprint density at radius 3 is 1.35 bits per heavy atom. The quantitative estimate of drug-likeness (QED) is 0.240. The van der Waals surface area contributed by atoms with Gasteiger partial charge >= 0.3 is 0 Å². The van der Waals surface area contributed by atoms with E-state index in [4.69, 9.17) is 0 Å². The van der Waals surface area contributed by atoms with Crippen molar-refractivity contribution in [2.24, 2.45) is 0 Å². The molecule has 7 rings (SSSR count). The van der Waals surface area contributed by atoms with Crippen molar-refractivity contribution in [2.75, 3.05) is 0 Å².